The predicted molar refractivity (Wildman–Crippen MR) is 55.8 cm³/mol. The zero-order valence-corrected chi connectivity index (χ0v) is 8.24. The van der Waals surface area contributed by atoms with E-state index in [-0.39, 0.29) is 0 Å². The fourth-order valence-corrected chi connectivity index (χ4v) is 1.67. The highest BCUT2D eigenvalue weighted by Gasteiger charge is 2.07. The molecular weight excluding hydrogens is 160 g/mol. The largest absolute Gasteiger partial charge is 0.396 e. The molecule has 1 N–H and O–H groups in total. The van der Waals surface area contributed by atoms with Crippen LogP contribution in [0.25, 0.3) is 0 Å². The van der Waals surface area contributed by atoms with E-state index < -0.39 is 0 Å². The Morgan fingerprint density at radius 2 is 1.92 bits per heavy atom. The van der Waals surface area contributed by atoms with E-state index in [9.17, 15) is 0 Å². The fourth-order valence-electron chi connectivity index (χ4n) is 1.67. The van der Waals surface area contributed by atoms with E-state index in [2.05, 4.69) is 31.2 Å². The van der Waals surface area contributed by atoms with E-state index in [1.54, 1.807) is 0 Å². The Morgan fingerprint density at radius 3 is 2.46 bits per heavy atom. The second-order valence-electron chi connectivity index (χ2n) is 3.38. The number of aliphatic hydroxyl groups excluding tert-OH is 1. The first kappa shape index (κ1) is 10.3. The maximum absolute atomic E-state index is 8.76. The smallest absolute Gasteiger partial charge is 0.0431 e. The van der Waals surface area contributed by atoms with Crippen LogP contribution in [0, 0.1) is 0 Å². The Morgan fingerprint density at radius 1 is 1.23 bits per heavy atom. The minimum atomic E-state index is 0.309. The van der Waals surface area contributed by atoms with Gasteiger partial charge in [-0.25, -0.2) is 0 Å². The average Bonchev–Trinajstić information content (AvgIpc) is 2.21. The van der Waals surface area contributed by atoms with Crippen LogP contribution in [0.1, 0.15) is 37.7 Å². The number of benzene rings is 1. The molecule has 0 unspecified atom stereocenters. The van der Waals surface area contributed by atoms with Crippen LogP contribution in [0.2, 0.25) is 0 Å². The molecule has 13 heavy (non-hydrogen) atoms. The summed E-state index contributed by atoms with van der Waals surface area (Å²) in [6.07, 6.45) is 3.16. The Hall–Kier alpha value is -0.820. The van der Waals surface area contributed by atoms with Gasteiger partial charge in [0.05, 0.1) is 0 Å². The Labute approximate surface area is 80.4 Å². The van der Waals surface area contributed by atoms with Crippen LogP contribution in [0.15, 0.2) is 30.3 Å². The molecule has 0 aliphatic carbocycles. The summed E-state index contributed by atoms with van der Waals surface area (Å²) in [6.45, 7) is 2.51. The van der Waals surface area contributed by atoms with Gasteiger partial charge < -0.3 is 5.11 Å². The lowest BCUT2D eigenvalue weighted by Crippen LogP contribution is -1.98. The van der Waals surface area contributed by atoms with Gasteiger partial charge in [-0.15, -0.1) is 0 Å². The summed E-state index contributed by atoms with van der Waals surface area (Å²) in [5, 5.41) is 8.76. The Bertz CT molecular complexity index is 218. The van der Waals surface area contributed by atoms with E-state index in [1.165, 1.54) is 5.56 Å². The lowest BCUT2D eigenvalue weighted by molar-refractivity contribution is 0.279. The molecule has 0 spiro atoms. The first-order valence-corrected chi connectivity index (χ1v) is 5.04. The fraction of sp³-hybridized carbons (Fsp3) is 0.500. The van der Waals surface area contributed by atoms with E-state index in [4.69, 9.17) is 5.11 Å². The summed E-state index contributed by atoms with van der Waals surface area (Å²) < 4.78 is 0. The minimum Gasteiger partial charge on any atom is -0.396 e. The van der Waals surface area contributed by atoms with Crippen LogP contribution in [0.3, 0.4) is 0 Å². The molecule has 0 heterocycles. The number of hydrogen-bond acceptors (Lipinski definition) is 1. The molecule has 0 aliphatic rings. The van der Waals surface area contributed by atoms with Crippen LogP contribution in [0.5, 0.6) is 0 Å². The molecule has 0 radical (unpaired) electrons. The molecule has 1 heteroatoms. The second kappa shape index (κ2) is 5.76. The Kier molecular flexibility index (Phi) is 4.55. The molecular formula is C12H18O. The zero-order chi connectivity index (χ0) is 9.52. The first-order valence-electron chi connectivity index (χ1n) is 5.04. The summed E-state index contributed by atoms with van der Waals surface area (Å²) >= 11 is 0. The van der Waals surface area contributed by atoms with Crippen LogP contribution >= 0.6 is 0 Å². The second-order valence-corrected chi connectivity index (χ2v) is 3.38. The number of hydrogen-bond donors (Lipinski definition) is 1. The third kappa shape index (κ3) is 3.19. The van der Waals surface area contributed by atoms with Gasteiger partial charge in [0.15, 0.2) is 0 Å². The molecule has 0 saturated carbocycles. The summed E-state index contributed by atoms with van der Waals surface area (Å²) in [5.74, 6) is 0.619. The van der Waals surface area contributed by atoms with Gasteiger partial charge in [-0.2, -0.15) is 0 Å². The van der Waals surface area contributed by atoms with Gasteiger partial charge in [0.25, 0.3) is 0 Å². The van der Waals surface area contributed by atoms with Crippen LogP contribution in [-0.2, 0) is 0 Å². The summed E-state index contributed by atoms with van der Waals surface area (Å²) in [6, 6.07) is 10.5. The van der Waals surface area contributed by atoms with Crippen LogP contribution in [0.4, 0.5) is 0 Å². The SMILES string of the molecule is CC[C@@H](CCCO)c1ccccc1. The van der Waals surface area contributed by atoms with E-state index in [0.717, 1.165) is 19.3 Å². The van der Waals surface area contributed by atoms with Gasteiger partial charge in [-0.05, 0) is 30.7 Å². The van der Waals surface area contributed by atoms with Crippen molar-refractivity contribution in [3.63, 3.8) is 0 Å². The molecule has 1 aromatic rings. The van der Waals surface area contributed by atoms with Crippen LogP contribution < -0.4 is 0 Å². The maximum atomic E-state index is 8.76. The quantitative estimate of drug-likeness (QED) is 0.735. The van der Waals surface area contributed by atoms with Crippen LogP contribution in [-0.4, -0.2) is 11.7 Å². The van der Waals surface area contributed by atoms with Crippen molar-refractivity contribution >= 4 is 0 Å². The van der Waals surface area contributed by atoms with E-state index in [1.807, 2.05) is 6.07 Å². The monoisotopic (exact) mass is 178 g/mol. The molecule has 0 amide bonds. The predicted octanol–water partition coefficient (Wildman–Crippen LogP) is 2.95. The molecule has 0 aliphatic heterocycles. The molecule has 1 atom stereocenters. The van der Waals surface area contributed by atoms with Crippen molar-refractivity contribution < 1.29 is 5.11 Å². The lowest BCUT2D eigenvalue weighted by Gasteiger charge is -2.13. The van der Waals surface area contributed by atoms with Crippen molar-refractivity contribution in [3.05, 3.63) is 35.9 Å². The maximum Gasteiger partial charge on any atom is 0.0431 e. The van der Waals surface area contributed by atoms with Crippen molar-refractivity contribution in [2.75, 3.05) is 6.61 Å². The van der Waals surface area contributed by atoms with E-state index >= 15 is 0 Å². The third-order valence-electron chi connectivity index (χ3n) is 2.47. The van der Waals surface area contributed by atoms with E-state index in [0.29, 0.717) is 12.5 Å². The van der Waals surface area contributed by atoms with Crippen molar-refractivity contribution in [2.45, 2.75) is 32.1 Å². The molecule has 0 fully saturated rings. The average molecular weight is 178 g/mol. The molecule has 1 aromatic carbocycles. The van der Waals surface area contributed by atoms with Gasteiger partial charge in [0, 0.05) is 6.61 Å². The molecule has 0 aromatic heterocycles. The molecule has 1 nitrogen and oxygen atoms in total. The molecule has 0 saturated heterocycles. The number of rotatable bonds is 5. The highest BCUT2D eigenvalue weighted by Crippen LogP contribution is 2.23. The normalized spacial score (nSPS) is 12.8. The van der Waals surface area contributed by atoms with Crippen molar-refractivity contribution in [3.8, 4) is 0 Å². The van der Waals surface area contributed by atoms with Gasteiger partial charge in [0.2, 0.25) is 0 Å². The Balaban J connectivity index is 2.56. The molecule has 1 rings (SSSR count). The summed E-state index contributed by atoms with van der Waals surface area (Å²) in [4.78, 5) is 0. The van der Waals surface area contributed by atoms with Crippen molar-refractivity contribution in [1.82, 2.24) is 0 Å². The van der Waals surface area contributed by atoms with Crippen molar-refractivity contribution in [2.24, 2.45) is 0 Å². The standard InChI is InChI=1S/C12H18O/c1-2-11(9-6-10-13)12-7-4-3-5-8-12/h3-5,7-8,11,13H,2,6,9-10H2,1H3/t11-/m0/s1. The zero-order valence-electron chi connectivity index (χ0n) is 8.24. The topological polar surface area (TPSA) is 20.2 Å². The third-order valence-corrected chi connectivity index (χ3v) is 2.47. The van der Waals surface area contributed by atoms with Crippen molar-refractivity contribution in [1.29, 1.82) is 0 Å². The molecule has 72 valence electrons. The summed E-state index contributed by atoms with van der Waals surface area (Å²) in [7, 11) is 0. The lowest BCUT2D eigenvalue weighted by atomic mass is 9.92. The minimum absolute atomic E-state index is 0.309. The van der Waals surface area contributed by atoms with Gasteiger partial charge in [0.1, 0.15) is 0 Å². The first-order chi connectivity index (χ1) is 6.38. The summed E-state index contributed by atoms with van der Waals surface area (Å²) in [5.41, 5.74) is 1.40. The molecule has 0 bridgehead atoms. The van der Waals surface area contributed by atoms with Gasteiger partial charge in [-0.1, -0.05) is 37.3 Å². The van der Waals surface area contributed by atoms with Gasteiger partial charge in [-0.3, -0.25) is 0 Å². The highest BCUT2D eigenvalue weighted by atomic mass is 16.2. The number of aliphatic hydroxyl groups is 1. The van der Waals surface area contributed by atoms with Gasteiger partial charge >= 0.3 is 0 Å². The highest BCUT2D eigenvalue weighted by molar-refractivity contribution is 5.19.